The van der Waals surface area contributed by atoms with E-state index in [1.54, 1.807) is 11.9 Å². The number of ether oxygens (including phenoxy) is 2. The first-order valence-electron chi connectivity index (χ1n) is 8.40. The van der Waals surface area contributed by atoms with Gasteiger partial charge in [0.05, 0.1) is 18.8 Å². The van der Waals surface area contributed by atoms with Gasteiger partial charge in [0.1, 0.15) is 0 Å². The molecule has 2 rings (SSSR count). The van der Waals surface area contributed by atoms with Crippen LogP contribution in [0.4, 0.5) is 27.6 Å². The smallest absolute Gasteiger partial charge is 0.387 e. The molecular formula is C19H19F5N2O3. The summed E-state index contributed by atoms with van der Waals surface area (Å²) in [7, 11) is 2.90. The standard InChI is InChI=1S/C19H19F5N2O3/c1-10(18(27)25-13-6-5-12(20)16(21)17(13)22)26(2)9-11-4-7-14(29-19(23)24)15(8-11)28-3/h4-8,10,19H,9H2,1-3H3,(H,25,27)/t10-/m0/s1. The molecule has 0 bridgehead atoms. The molecule has 2 aromatic carbocycles. The highest BCUT2D eigenvalue weighted by molar-refractivity contribution is 5.94. The van der Waals surface area contributed by atoms with Crippen LogP contribution >= 0.6 is 0 Å². The van der Waals surface area contributed by atoms with Gasteiger partial charge in [-0.3, -0.25) is 9.69 Å². The first kappa shape index (κ1) is 22.4. The third-order valence-corrected chi connectivity index (χ3v) is 4.21. The number of anilines is 1. The Bertz CT molecular complexity index is 879. The molecule has 0 unspecified atom stereocenters. The van der Waals surface area contributed by atoms with Crippen molar-refractivity contribution in [3.8, 4) is 11.5 Å². The minimum absolute atomic E-state index is 0.0946. The van der Waals surface area contributed by atoms with Gasteiger partial charge in [-0.15, -0.1) is 0 Å². The number of nitrogens with one attached hydrogen (secondary N) is 1. The van der Waals surface area contributed by atoms with E-state index in [-0.39, 0.29) is 18.0 Å². The van der Waals surface area contributed by atoms with Crippen LogP contribution < -0.4 is 14.8 Å². The largest absolute Gasteiger partial charge is 0.493 e. The second-order valence-corrected chi connectivity index (χ2v) is 6.17. The zero-order valence-electron chi connectivity index (χ0n) is 15.8. The maximum absolute atomic E-state index is 13.7. The molecule has 0 radical (unpaired) electrons. The van der Waals surface area contributed by atoms with Crippen molar-refractivity contribution < 1.29 is 36.2 Å². The van der Waals surface area contributed by atoms with E-state index in [1.807, 2.05) is 0 Å². The second-order valence-electron chi connectivity index (χ2n) is 6.17. The molecule has 0 aliphatic rings. The monoisotopic (exact) mass is 418 g/mol. The lowest BCUT2D eigenvalue weighted by Crippen LogP contribution is -2.39. The van der Waals surface area contributed by atoms with E-state index in [1.165, 1.54) is 32.2 Å². The number of rotatable bonds is 8. The van der Waals surface area contributed by atoms with E-state index < -0.39 is 41.7 Å². The van der Waals surface area contributed by atoms with Crippen LogP contribution in [0.2, 0.25) is 0 Å². The number of likely N-dealkylation sites (N-methyl/N-ethyl adjacent to an activating group) is 1. The SMILES string of the molecule is COc1cc(CN(C)[C@@H](C)C(=O)Nc2ccc(F)c(F)c2F)ccc1OC(F)F. The Balaban J connectivity index is 2.07. The first-order valence-corrected chi connectivity index (χ1v) is 8.40. The molecule has 0 aliphatic heterocycles. The molecule has 29 heavy (non-hydrogen) atoms. The van der Waals surface area contributed by atoms with Crippen LogP contribution in [0.5, 0.6) is 11.5 Å². The summed E-state index contributed by atoms with van der Waals surface area (Å²) in [6, 6.07) is 5.16. The molecule has 0 aliphatic carbocycles. The Morgan fingerprint density at radius 2 is 1.79 bits per heavy atom. The molecule has 0 spiro atoms. The fourth-order valence-corrected chi connectivity index (χ4v) is 2.49. The zero-order valence-corrected chi connectivity index (χ0v) is 15.8. The van der Waals surface area contributed by atoms with Crippen molar-refractivity contribution in [2.75, 3.05) is 19.5 Å². The van der Waals surface area contributed by atoms with Gasteiger partial charge in [0.15, 0.2) is 29.0 Å². The topological polar surface area (TPSA) is 50.8 Å². The number of alkyl halides is 2. The highest BCUT2D eigenvalue weighted by Gasteiger charge is 2.22. The van der Waals surface area contributed by atoms with Crippen LogP contribution in [-0.2, 0) is 11.3 Å². The normalized spacial score (nSPS) is 12.2. The summed E-state index contributed by atoms with van der Waals surface area (Å²) >= 11 is 0. The lowest BCUT2D eigenvalue weighted by molar-refractivity contribution is -0.120. The summed E-state index contributed by atoms with van der Waals surface area (Å²) < 4.78 is 74.2. The fourth-order valence-electron chi connectivity index (χ4n) is 2.49. The molecule has 1 N–H and O–H groups in total. The van der Waals surface area contributed by atoms with E-state index in [9.17, 15) is 26.7 Å². The molecule has 0 saturated carbocycles. The van der Waals surface area contributed by atoms with Gasteiger partial charge in [-0.2, -0.15) is 8.78 Å². The quantitative estimate of drug-likeness (QED) is 0.517. The predicted octanol–water partition coefficient (Wildman–Crippen LogP) is 4.17. The maximum Gasteiger partial charge on any atom is 0.387 e. The van der Waals surface area contributed by atoms with Crippen LogP contribution in [0, 0.1) is 17.5 Å². The number of methoxy groups -OCH3 is 1. The van der Waals surface area contributed by atoms with Gasteiger partial charge in [-0.25, -0.2) is 13.2 Å². The predicted molar refractivity (Wildman–Crippen MR) is 95.5 cm³/mol. The Morgan fingerprint density at radius 1 is 1.10 bits per heavy atom. The van der Waals surface area contributed by atoms with Gasteiger partial charge in [-0.05, 0) is 43.8 Å². The Labute approximate surface area is 164 Å². The van der Waals surface area contributed by atoms with E-state index >= 15 is 0 Å². The van der Waals surface area contributed by atoms with Gasteiger partial charge in [-0.1, -0.05) is 6.07 Å². The lowest BCUT2D eigenvalue weighted by atomic mass is 10.1. The molecule has 2 aromatic rings. The highest BCUT2D eigenvalue weighted by Crippen LogP contribution is 2.30. The van der Waals surface area contributed by atoms with Crippen LogP contribution in [0.1, 0.15) is 12.5 Å². The summed E-state index contributed by atoms with van der Waals surface area (Å²) in [5.41, 5.74) is 0.147. The molecule has 1 amide bonds. The van der Waals surface area contributed by atoms with Gasteiger partial charge in [0.25, 0.3) is 0 Å². The first-order chi connectivity index (χ1) is 13.6. The Kier molecular flexibility index (Phi) is 7.38. The number of hydrogen-bond donors (Lipinski definition) is 1. The number of hydrogen-bond acceptors (Lipinski definition) is 4. The number of nitrogens with zero attached hydrogens (tertiary/aromatic N) is 1. The molecule has 158 valence electrons. The molecular weight excluding hydrogens is 399 g/mol. The van der Waals surface area contributed by atoms with Crippen molar-refractivity contribution in [2.45, 2.75) is 26.1 Å². The van der Waals surface area contributed by atoms with Gasteiger partial charge in [0, 0.05) is 6.54 Å². The molecule has 0 aromatic heterocycles. The van der Waals surface area contributed by atoms with Crippen molar-refractivity contribution in [3.63, 3.8) is 0 Å². The van der Waals surface area contributed by atoms with Crippen LogP contribution in [0.15, 0.2) is 30.3 Å². The zero-order chi connectivity index (χ0) is 21.7. The van der Waals surface area contributed by atoms with Crippen molar-refractivity contribution in [1.29, 1.82) is 0 Å². The van der Waals surface area contributed by atoms with E-state index in [4.69, 9.17) is 4.74 Å². The van der Waals surface area contributed by atoms with E-state index in [0.29, 0.717) is 11.6 Å². The Morgan fingerprint density at radius 3 is 2.41 bits per heavy atom. The number of carbonyl (C=O) groups excluding carboxylic acids is 1. The molecule has 0 saturated heterocycles. The van der Waals surface area contributed by atoms with Crippen molar-refractivity contribution in [1.82, 2.24) is 4.90 Å². The fraction of sp³-hybridized carbons (Fsp3) is 0.316. The second kappa shape index (κ2) is 9.55. The average Bonchev–Trinajstić information content (AvgIpc) is 2.68. The number of halogens is 5. The molecule has 0 fully saturated rings. The Hall–Kier alpha value is -2.88. The summed E-state index contributed by atoms with van der Waals surface area (Å²) in [5.74, 6) is -5.22. The highest BCUT2D eigenvalue weighted by atomic mass is 19.3. The average molecular weight is 418 g/mol. The maximum atomic E-state index is 13.7. The summed E-state index contributed by atoms with van der Waals surface area (Å²) in [4.78, 5) is 13.9. The molecule has 0 heterocycles. The number of benzene rings is 2. The minimum atomic E-state index is -3.00. The van der Waals surface area contributed by atoms with Crippen LogP contribution in [-0.4, -0.2) is 37.6 Å². The van der Waals surface area contributed by atoms with Crippen LogP contribution in [0.3, 0.4) is 0 Å². The van der Waals surface area contributed by atoms with Gasteiger partial charge in [0.2, 0.25) is 5.91 Å². The van der Waals surface area contributed by atoms with Gasteiger partial charge >= 0.3 is 6.61 Å². The molecule has 5 nitrogen and oxygen atoms in total. The van der Waals surface area contributed by atoms with E-state index in [0.717, 1.165) is 6.07 Å². The van der Waals surface area contributed by atoms with Crippen molar-refractivity contribution >= 4 is 11.6 Å². The van der Waals surface area contributed by atoms with Crippen molar-refractivity contribution in [3.05, 3.63) is 53.3 Å². The van der Waals surface area contributed by atoms with Crippen molar-refractivity contribution in [2.24, 2.45) is 0 Å². The lowest BCUT2D eigenvalue weighted by Gasteiger charge is -2.24. The summed E-state index contributed by atoms with van der Waals surface area (Å²) in [5, 5.41) is 2.21. The number of carbonyl (C=O) groups is 1. The number of amides is 1. The van der Waals surface area contributed by atoms with Crippen LogP contribution in [0.25, 0.3) is 0 Å². The minimum Gasteiger partial charge on any atom is -0.493 e. The third kappa shape index (κ3) is 5.57. The molecule has 1 atom stereocenters. The third-order valence-electron chi connectivity index (χ3n) is 4.21. The summed E-state index contributed by atoms with van der Waals surface area (Å²) in [6.07, 6.45) is 0. The molecule has 10 heteroatoms. The van der Waals surface area contributed by atoms with E-state index in [2.05, 4.69) is 10.1 Å². The summed E-state index contributed by atoms with van der Waals surface area (Å²) in [6.45, 7) is -1.27. The van der Waals surface area contributed by atoms with Gasteiger partial charge < -0.3 is 14.8 Å².